The third-order valence-corrected chi connectivity index (χ3v) is 10.6. The van der Waals surface area contributed by atoms with Gasteiger partial charge in [0.05, 0.1) is 31.5 Å². The van der Waals surface area contributed by atoms with Crippen molar-refractivity contribution in [3.05, 3.63) is 81.8 Å². The number of rotatable bonds is 9. The molecule has 2 aliphatic heterocycles. The monoisotopic (exact) mass is 641 g/mol. The highest BCUT2D eigenvalue weighted by Crippen LogP contribution is 2.45. The lowest BCUT2D eigenvalue weighted by atomic mass is 9.73. The van der Waals surface area contributed by atoms with Crippen LogP contribution in [0.3, 0.4) is 0 Å². The highest BCUT2D eigenvalue weighted by molar-refractivity contribution is 7.11. The Morgan fingerprint density at radius 3 is 2.72 bits per heavy atom. The fourth-order valence-corrected chi connectivity index (χ4v) is 7.95. The van der Waals surface area contributed by atoms with E-state index in [0.29, 0.717) is 0 Å². The molecule has 0 amide bonds. The first-order chi connectivity index (χ1) is 22.3. The van der Waals surface area contributed by atoms with Crippen LogP contribution in [0, 0.1) is 5.41 Å². The molecule has 46 heavy (non-hydrogen) atoms. The number of aromatic amines is 1. The lowest BCUT2D eigenvalue weighted by Gasteiger charge is -2.43. The van der Waals surface area contributed by atoms with E-state index < -0.39 is 5.97 Å². The summed E-state index contributed by atoms with van der Waals surface area (Å²) >= 11 is 1.90. The minimum Gasteiger partial charge on any atom is -0.478 e. The lowest BCUT2D eigenvalue weighted by molar-refractivity contribution is 0.0342. The van der Waals surface area contributed by atoms with Crippen LogP contribution in [-0.4, -0.2) is 89.6 Å². The molecule has 0 spiro atoms. The molecule has 242 valence electrons. The number of hydrogen-bond donors (Lipinski definition) is 2. The molecule has 7 rings (SSSR count). The Labute approximate surface area is 274 Å². The second-order valence-corrected chi connectivity index (χ2v) is 14.5. The van der Waals surface area contributed by atoms with Crippen LogP contribution in [0.5, 0.6) is 5.75 Å². The van der Waals surface area contributed by atoms with Crippen molar-refractivity contribution >= 4 is 39.6 Å². The number of carboxylic acids is 1. The number of pyridine rings is 1. The van der Waals surface area contributed by atoms with Gasteiger partial charge in [-0.3, -0.25) is 9.80 Å². The second-order valence-electron chi connectivity index (χ2n) is 13.6. The molecule has 10 heteroatoms. The lowest BCUT2D eigenvalue weighted by Crippen LogP contribution is -2.56. The van der Waals surface area contributed by atoms with Gasteiger partial charge in [0.1, 0.15) is 11.4 Å². The summed E-state index contributed by atoms with van der Waals surface area (Å²) in [5.41, 5.74) is 6.83. The Kier molecular flexibility index (Phi) is 8.87. The summed E-state index contributed by atoms with van der Waals surface area (Å²) in [6, 6.07) is 13.6. The summed E-state index contributed by atoms with van der Waals surface area (Å²) in [6.07, 6.45) is 6.80. The minimum absolute atomic E-state index is 0.256. The van der Waals surface area contributed by atoms with E-state index in [0.717, 1.165) is 94.3 Å². The molecule has 1 unspecified atom stereocenters. The Hall–Kier alpha value is -3.70. The van der Waals surface area contributed by atoms with E-state index in [1.807, 2.05) is 41.8 Å². The topological polar surface area (TPSA) is 94.2 Å². The molecule has 5 heterocycles. The summed E-state index contributed by atoms with van der Waals surface area (Å²) in [5.74, 6) is -0.203. The maximum absolute atomic E-state index is 11.5. The highest BCUT2D eigenvalue weighted by Gasteiger charge is 2.33. The molecule has 0 radical (unpaired) electrons. The van der Waals surface area contributed by atoms with Gasteiger partial charge >= 0.3 is 5.97 Å². The predicted octanol–water partition coefficient (Wildman–Crippen LogP) is 6.35. The van der Waals surface area contributed by atoms with E-state index in [2.05, 4.69) is 50.0 Å². The molecule has 4 aromatic rings. The summed E-state index contributed by atoms with van der Waals surface area (Å²) in [4.78, 5) is 27.9. The van der Waals surface area contributed by atoms with E-state index in [1.54, 1.807) is 23.9 Å². The third kappa shape index (κ3) is 7.00. The number of piperazine rings is 1. The van der Waals surface area contributed by atoms with Crippen molar-refractivity contribution in [1.82, 2.24) is 19.8 Å². The van der Waals surface area contributed by atoms with Crippen LogP contribution in [0.4, 0.5) is 5.69 Å². The van der Waals surface area contributed by atoms with Gasteiger partial charge in [-0.15, -0.1) is 11.3 Å². The van der Waals surface area contributed by atoms with E-state index in [1.165, 1.54) is 22.4 Å². The molecule has 9 nitrogen and oxygen atoms in total. The number of carbonyl (C=O) groups is 1. The molecule has 1 aliphatic carbocycles. The number of aromatic nitrogens is 2. The normalized spacial score (nSPS) is 21.2. The summed E-state index contributed by atoms with van der Waals surface area (Å²) in [5, 5.41) is 12.8. The van der Waals surface area contributed by atoms with Gasteiger partial charge in [0.25, 0.3) is 0 Å². The average Bonchev–Trinajstić information content (AvgIpc) is 3.72. The van der Waals surface area contributed by atoms with Crippen LogP contribution < -0.4 is 9.64 Å². The minimum atomic E-state index is -0.922. The molecule has 1 atom stereocenters. The quantitative estimate of drug-likeness (QED) is 0.219. The van der Waals surface area contributed by atoms with Gasteiger partial charge in [-0.2, -0.15) is 0 Å². The standard InChI is InChI=1S/C36H43N5O4S/c1-36(2)9-7-28(31(19-36)32-17-25(24-46-32)21-39-13-15-44-16-14-39)22-40-11-12-41(29-5-3-26(4-6-29)35(42)43)33(23-40)45-30-18-27-8-10-37-34(27)38-20-30/h3-6,8,10,17-18,20,24,33H,7,9,11-16,19,21-23H2,1-2H3,(H,37,38)(H,42,43). The molecule has 1 aromatic carbocycles. The van der Waals surface area contributed by atoms with E-state index in [9.17, 15) is 9.90 Å². The third-order valence-electron chi connectivity index (χ3n) is 9.57. The van der Waals surface area contributed by atoms with Gasteiger partial charge in [0.2, 0.25) is 0 Å². The number of allylic oxidation sites excluding steroid dienone is 1. The van der Waals surface area contributed by atoms with Gasteiger partial charge < -0.3 is 24.5 Å². The summed E-state index contributed by atoms with van der Waals surface area (Å²) < 4.78 is 12.2. The molecular formula is C36H43N5O4S. The number of ether oxygens (including phenoxy) is 2. The van der Waals surface area contributed by atoms with Crippen molar-refractivity contribution in [3.8, 4) is 5.75 Å². The zero-order valence-corrected chi connectivity index (χ0v) is 27.5. The smallest absolute Gasteiger partial charge is 0.335 e. The Morgan fingerprint density at radius 1 is 1.09 bits per heavy atom. The highest BCUT2D eigenvalue weighted by atomic mass is 32.1. The van der Waals surface area contributed by atoms with Crippen molar-refractivity contribution < 1.29 is 19.4 Å². The van der Waals surface area contributed by atoms with Crippen LogP contribution >= 0.6 is 11.3 Å². The number of fused-ring (bicyclic) bond motifs is 1. The average molecular weight is 642 g/mol. The maximum Gasteiger partial charge on any atom is 0.335 e. The number of nitrogens with one attached hydrogen (secondary N) is 1. The molecule has 3 aromatic heterocycles. The van der Waals surface area contributed by atoms with Crippen molar-refractivity contribution in [2.75, 3.05) is 57.4 Å². The van der Waals surface area contributed by atoms with Crippen molar-refractivity contribution in [2.45, 2.75) is 45.9 Å². The molecular weight excluding hydrogens is 598 g/mol. The number of nitrogens with zero attached hydrogens (tertiary/aromatic N) is 4. The summed E-state index contributed by atoms with van der Waals surface area (Å²) in [7, 11) is 0. The van der Waals surface area contributed by atoms with Gasteiger partial charge in [0.15, 0.2) is 6.23 Å². The maximum atomic E-state index is 11.5. The van der Waals surface area contributed by atoms with E-state index in [-0.39, 0.29) is 17.2 Å². The van der Waals surface area contributed by atoms with E-state index >= 15 is 0 Å². The van der Waals surface area contributed by atoms with Crippen LogP contribution in [0.15, 0.2) is 65.8 Å². The number of H-pyrrole nitrogens is 1. The number of aromatic carboxylic acids is 1. The van der Waals surface area contributed by atoms with Crippen LogP contribution in [0.2, 0.25) is 0 Å². The molecule has 2 N–H and O–H groups in total. The predicted molar refractivity (Wildman–Crippen MR) is 183 cm³/mol. The SMILES string of the molecule is CC1(C)CCC(CN2CCN(c3ccc(C(=O)O)cc3)C(Oc3cnc4[nH]ccc4c3)C2)=C(c2cc(CN3CCOCC3)cs2)C1. The van der Waals surface area contributed by atoms with Crippen molar-refractivity contribution in [3.63, 3.8) is 0 Å². The van der Waals surface area contributed by atoms with Crippen molar-refractivity contribution in [2.24, 2.45) is 5.41 Å². The van der Waals surface area contributed by atoms with Gasteiger partial charge in [0, 0.05) is 61.4 Å². The van der Waals surface area contributed by atoms with Gasteiger partial charge in [-0.1, -0.05) is 19.4 Å². The zero-order valence-electron chi connectivity index (χ0n) is 26.7. The van der Waals surface area contributed by atoms with Gasteiger partial charge in [-0.05, 0) is 83.7 Å². The molecule has 3 aliphatic rings. The first-order valence-corrected chi connectivity index (χ1v) is 17.2. The zero-order chi connectivity index (χ0) is 31.7. The second kappa shape index (κ2) is 13.2. The molecule has 0 saturated carbocycles. The van der Waals surface area contributed by atoms with Crippen molar-refractivity contribution in [1.29, 1.82) is 0 Å². The fourth-order valence-electron chi connectivity index (χ4n) is 6.95. The largest absolute Gasteiger partial charge is 0.478 e. The van der Waals surface area contributed by atoms with Crippen LogP contribution in [0.25, 0.3) is 16.6 Å². The first kappa shape index (κ1) is 30.9. The first-order valence-electron chi connectivity index (χ1n) is 16.3. The number of benzene rings is 1. The van der Waals surface area contributed by atoms with E-state index in [4.69, 9.17) is 9.47 Å². The number of carboxylic acid groups (broad SMARTS) is 1. The fraction of sp³-hybridized carbons (Fsp3) is 0.444. The summed E-state index contributed by atoms with van der Waals surface area (Å²) in [6.45, 7) is 12.7. The number of morpholine rings is 1. The molecule has 2 saturated heterocycles. The number of hydrogen-bond acceptors (Lipinski definition) is 8. The van der Waals surface area contributed by atoms with Gasteiger partial charge in [-0.25, -0.2) is 9.78 Å². The Balaban J connectivity index is 1.13. The van der Waals surface area contributed by atoms with Crippen LogP contribution in [0.1, 0.15) is 53.9 Å². The Bertz CT molecular complexity index is 1700. The number of anilines is 1. The van der Waals surface area contributed by atoms with Crippen LogP contribution in [-0.2, 0) is 11.3 Å². The number of thiophene rings is 1. The Morgan fingerprint density at radius 2 is 1.91 bits per heavy atom. The molecule has 2 fully saturated rings. The molecule has 0 bridgehead atoms.